The number of aryl methyl sites for hydroxylation is 1. The molecule has 2 aromatic rings. The molecule has 0 heterocycles. The van der Waals surface area contributed by atoms with Crippen LogP contribution in [0.1, 0.15) is 36.6 Å². The average molecular weight is 304 g/mol. The highest BCUT2D eigenvalue weighted by Crippen LogP contribution is 2.28. The van der Waals surface area contributed by atoms with E-state index in [0.717, 1.165) is 12.3 Å². The first-order chi connectivity index (χ1) is 10.1. The summed E-state index contributed by atoms with van der Waals surface area (Å²) in [5, 5.41) is 4.03. The van der Waals surface area contributed by atoms with Crippen molar-refractivity contribution in [3.63, 3.8) is 0 Å². The third-order valence-electron chi connectivity index (χ3n) is 3.61. The molecular formula is C18H22ClNO. The molecule has 0 aliphatic rings. The second kappa shape index (κ2) is 7.48. The van der Waals surface area contributed by atoms with E-state index < -0.39 is 0 Å². The molecule has 2 nitrogen and oxygen atoms in total. The van der Waals surface area contributed by atoms with Gasteiger partial charge in [-0.15, -0.1) is 0 Å². The first-order valence-electron chi connectivity index (χ1n) is 7.32. The van der Waals surface area contributed by atoms with E-state index in [9.17, 15) is 0 Å². The molecule has 1 unspecified atom stereocenters. The van der Waals surface area contributed by atoms with E-state index in [0.29, 0.717) is 11.6 Å². The third-order valence-corrected chi connectivity index (χ3v) is 3.91. The lowest BCUT2D eigenvalue weighted by Crippen LogP contribution is -2.17. The minimum absolute atomic E-state index is 0.290. The molecule has 0 aromatic heterocycles. The van der Waals surface area contributed by atoms with Crippen molar-refractivity contribution >= 4 is 11.6 Å². The maximum Gasteiger partial charge on any atom is 0.138 e. The SMILES string of the molecule is CCNC(C)c1ccc(OCc2ccccc2C)c(Cl)c1. The molecule has 0 saturated carbocycles. The van der Waals surface area contributed by atoms with Crippen molar-refractivity contribution in [1.29, 1.82) is 0 Å². The van der Waals surface area contributed by atoms with Crippen LogP contribution in [0, 0.1) is 6.92 Å². The van der Waals surface area contributed by atoms with Gasteiger partial charge in [-0.25, -0.2) is 0 Å². The molecule has 1 N–H and O–H groups in total. The quantitative estimate of drug-likeness (QED) is 0.819. The summed E-state index contributed by atoms with van der Waals surface area (Å²) in [5.41, 5.74) is 3.58. The monoisotopic (exact) mass is 303 g/mol. The molecule has 0 amide bonds. The van der Waals surface area contributed by atoms with Crippen LogP contribution in [0.5, 0.6) is 5.75 Å². The maximum atomic E-state index is 6.33. The van der Waals surface area contributed by atoms with Gasteiger partial charge in [0.2, 0.25) is 0 Å². The van der Waals surface area contributed by atoms with E-state index in [-0.39, 0.29) is 6.04 Å². The summed E-state index contributed by atoms with van der Waals surface area (Å²) >= 11 is 6.33. The fourth-order valence-electron chi connectivity index (χ4n) is 2.26. The zero-order valence-electron chi connectivity index (χ0n) is 12.8. The topological polar surface area (TPSA) is 21.3 Å². The van der Waals surface area contributed by atoms with Crippen LogP contribution < -0.4 is 10.1 Å². The standard InChI is InChI=1S/C18H22ClNO/c1-4-20-14(3)15-9-10-18(17(19)11-15)21-12-16-8-6-5-7-13(16)2/h5-11,14,20H,4,12H2,1-3H3. The summed E-state index contributed by atoms with van der Waals surface area (Å²) in [5.74, 6) is 0.729. The van der Waals surface area contributed by atoms with Crippen LogP contribution >= 0.6 is 11.6 Å². The highest BCUT2D eigenvalue weighted by atomic mass is 35.5. The van der Waals surface area contributed by atoms with Crippen molar-refractivity contribution in [2.24, 2.45) is 0 Å². The van der Waals surface area contributed by atoms with E-state index in [4.69, 9.17) is 16.3 Å². The second-order valence-corrected chi connectivity index (χ2v) is 5.59. The Morgan fingerprint density at radius 2 is 1.95 bits per heavy atom. The Hall–Kier alpha value is -1.51. The van der Waals surface area contributed by atoms with Gasteiger partial charge in [0, 0.05) is 6.04 Å². The minimum Gasteiger partial charge on any atom is -0.487 e. The first kappa shape index (κ1) is 15.9. The molecule has 0 aliphatic heterocycles. The van der Waals surface area contributed by atoms with Crippen LogP contribution in [-0.2, 0) is 6.61 Å². The highest BCUT2D eigenvalue weighted by Gasteiger charge is 2.08. The summed E-state index contributed by atoms with van der Waals surface area (Å²) in [6.45, 7) is 7.78. The third kappa shape index (κ3) is 4.23. The zero-order chi connectivity index (χ0) is 15.2. The Morgan fingerprint density at radius 3 is 2.62 bits per heavy atom. The lowest BCUT2D eigenvalue weighted by Gasteiger charge is -2.15. The van der Waals surface area contributed by atoms with Crippen molar-refractivity contribution < 1.29 is 4.74 Å². The molecule has 0 fully saturated rings. The van der Waals surface area contributed by atoms with Crippen LogP contribution in [0.3, 0.4) is 0 Å². The lowest BCUT2D eigenvalue weighted by atomic mass is 10.1. The Bertz CT molecular complexity index is 598. The Balaban J connectivity index is 2.06. The fraction of sp³-hybridized carbons (Fsp3) is 0.333. The van der Waals surface area contributed by atoms with Gasteiger partial charge in [0.1, 0.15) is 12.4 Å². The molecule has 0 radical (unpaired) electrons. The summed E-state index contributed by atoms with van der Waals surface area (Å²) in [7, 11) is 0. The molecule has 21 heavy (non-hydrogen) atoms. The van der Waals surface area contributed by atoms with E-state index in [1.165, 1.54) is 16.7 Å². The van der Waals surface area contributed by atoms with E-state index >= 15 is 0 Å². The summed E-state index contributed by atoms with van der Waals surface area (Å²) in [6, 6.07) is 14.5. The van der Waals surface area contributed by atoms with Crippen molar-refractivity contribution in [3.05, 3.63) is 64.2 Å². The fourth-order valence-corrected chi connectivity index (χ4v) is 2.50. The largest absolute Gasteiger partial charge is 0.487 e. The van der Waals surface area contributed by atoms with Crippen LogP contribution in [0.15, 0.2) is 42.5 Å². The van der Waals surface area contributed by atoms with Gasteiger partial charge in [0.05, 0.1) is 5.02 Å². The molecule has 0 bridgehead atoms. The summed E-state index contributed by atoms with van der Waals surface area (Å²) < 4.78 is 5.85. The van der Waals surface area contributed by atoms with Crippen molar-refractivity contribution in [2.75, 3.05) is 6.54 Å². The van der Waals surface area contributed by atoms with Gasteiger partial charge in [-0.1, -0.05) is 48.9 Å². The van der Waals surface area contributed by atoms with Gasteiger partial charge in [-0.2, -0.15) is 0 Å². The van der Waals surface area contributed by atoms with Gasteiger partial charge in [0.25, 0.3) is 0 Å². The average Bonchev–Trinajstić information content (AvgIpc) is 2.47. The summed E-state index contributed by atoms with van der Waals surface area (Å²) in [4.78, 5) is 0. The number of hydrogen-bond donors (Lipinski definition) is 1. The number of ether oxygens (including phenoxy) is 1. The lowest BCUT2D eigenvalue weighted by molar-refractivity contribution is 0.305. The molecule has 0 aliphatic carbocycles. The normalized spacial score (nSPS) is 12.2. The van der Waals surface area contributed by atoms with E-state index in [2.05, 4.69) is 44.3 Å². The molecule has 2 aromatic carbocycles. The van der Waals surface area contributed by atoms with Crippen molar-refractivity contribution in [2.45, 2.75) is 33.4 Å². The van der Waals surface area contributed by atoms with Crippen LogP contribution in [0.25, 0.3) is 0 Å². The maximum absolute atomic E-state index is 6.33. The minimum atomic E-state index is 0.290. The number of hydrogen-bond acceptors (Lipinski definition) is 2. The van der Waals surface area contributed by atoms with Gasteiger partial charge < -0.3 is 10.1 Å². The molecule has 112 valence electrons. The van der Waals surface area contributed by atoms with Crippen LogP contribution in [0.4, 0.5) is 0 Å². The van der Waals surface area contributed by atoms with Gasteiger partial charge >= 0.3 is 0 Å². The Labute approximate surface area is 132 Å². The molecule has 2 rings (SSSR count). The molecule has 0 saturated heterocycles. The predicted octanol–water partition coefficient (Wildman–Crippen LogP) is 4.90. The molecule has 1 atom stereocenters. The predicted molar refractivity (Wildman–Crippen MR) is 89.1 cm³/mol. The van der Waals surface area contributed by atoms with Gasteiger partial charge in [-0.05, 0) is 49.2 Å². The van der Waals surface area contributed by atoms with Crippen molar-refractivity contribution in [3.8, 4) is 5.75 Å². The molecule has 3 heteroatoms. The number of benzene rings is 2. The van der Waals surface area contributed by atoms with Gasteiger partial charge in [-0.3, -0.25) is 0 Å². The highest BCUT2D eigenvalue weighted by molar-refractivity contribution is 6.32. The molecular weight excluding hydrogens is 282 g/mol. The number of nitrogens with one attached hydrogen (secondary N) is 1. The van der Waals surface area contributed by atoms with Crippen LogP contribution in [0.2, 0.25) is 5.02 Å². The first-order valence-corrected chi connectivity index (χ1v) is 7.69. The smallest absolute Gasteiger partial charge is 0.138 e. The summed E-state index contributed by atoms with van der Waals surface area (Å²) in [6.07, 6.45) is 0. The number of rotatable bonds is 6. The van der Waals surface area contributed by atoms with E-state index in [1.807, 2.05) is 24.3 Å². The molecule has 0 spiro atoms. The Kier molecular flexibility index (Phi) is 5.66. The second-order valence-electron chi connectivity index (χ2n) is 5.18. The van der Waals surface area contributed by atoms with E-state index in [1.54, 1.807) is 0 Å². The van der Waals surface area contributed by atoms with Gasteiger partial charge in [0.15, 0.2) is 0 Å². The number of halogens is 1. The zero-order valence-corrected chi connectivity index (χ0v) is 13.6. The van der Waals surface area contributed by atoms with Crippen molar-refractivity contribution in [1.82, 2.24) is 5.32 Å². The Morgan fingerprint density at radius 1 is 1.19 bits per heavy atom. The van der Waals surface area contributed by atoms with Crippen LogP contribution in [-0.4, -0.2) is 6.54 Å².